The van der Waals surface area contributed by atoms with Gasteiger partial charge in [0.15, 0.2) is 0 Å². The Bertz CT molecular complexity index is 272. The molecule has 2 nitrogen and oxygen atoms in total. The van der Waals surface area contributed by atoms with Crippen molar-refractivity contribution in [2.24, 2.45) is 11.8 Å². The molecule has 0 amide bonds. The van der Waals surface area contributed by atoms with E-state index in [4.69, 9.17) is 4.74 Å². The van der Waals surface area contributed by atoms with E-state index >= 15 is 0 Å². The van der Waals surface area contributed by atoms with E-state index in [0.717, 1.165) is 18.4 Å². The Morgan fingerprint density at radius 3 is 2.63 bits per heavy atom. The lowest BCUT2D eigenvalue weighted by molar-refractivity contribution is -0.0375. The van der Waals surface area contributed by atoms with Gasteiger partial charge >= 0.3 is 0 Å². The van der Waals surface area contributed by atoms with Gasteiger partial charge in [-0.05, 0) is 51.5 Å². The van der Waals surface area contributed by atoms with Crippen LogP contribution in [0.25, 0.3) is 0 Å². The Balaban J connectivity index is 1.43. The van der Waals surface area contributed by atoms with Crippen LogP contribution in [0.15, 0.2) is 0 Å². The quantitative estimate of drug-likeness (QED) is 0.474. The number of rotatable bonds is 9. The van der Waals surface area contributed by atoms with E-state index in [9.17, 15) is 0 Å². The van der Waals surface area contributed by atoms with E-state index in [-0.39, 0.29) is 0 Å². The van der Waals surface area contributed by atoms with Crippen LogP contribution in [0.3, 0.4) is 0 Å². The third-order valence-corrected chi connectivity index (χ3v) is 5.68. The van der Waals surface area contributed by atoms with Gasteiger partial charge in [-0.2, -0.15) is 11.8 Å². The van der Waals surface area contributed by atoms with E-state index in [1.54, 1.807) is 0 Å². The lowest BCUT2D eigenvalue weighted by Crippen LogP contribution is -2.33. The van der Waals surface area contributed by atoms with Crippen molar-refractivity contribution in [2.75, 3.05) is 32.5 Å². The molecule has 2 rings (SSSR count). The number of hydrogen-bond acceptors (Lipinski definition) is 3. The van der Waals surface area contributed by atoms with Gasteiger partial charge in [0.25, 0.3) is 0 Å². The zero-order valence-corrected chi connectivity index (χ0v) is 14.0. The summed E-state index contributed by atoms with van der Waals surface area (Å²) in [5.41, 5.74) is 0. The van der Waals surface area contributed by atoms with Crippen molar-refractivity contribution in [3.8, 4) is 0 Å². The van der Waals surface area contributed by atoms with Crippen molar-refractivity contribution in [1.82, 2.24) is 4.90 Å². The van der Waals surface area contributed by atoms with Gasteiger partial charge in [-0.1, -0.05) is 13.8 Å². The highest BCUT2D eigenvalue weighted by atomic mass is 32.2. The molecule has 3 heteroatoms. The summed E-state index contributed by atoms with van der Waals surface area (Å²) in [5, 5.41) is 0. The average Bonchev–Trinajstić information content (AvgIpc) is 2.97. The third kappa shape index (κ3) is 5.65. The van der Waals surface area contributed by atoms with Crippen molar-refractivity contribution < 1.29 is 4.74 Å². The predicted molar refractivity (Wildman–Crippen MR) is 84.9 cm³/mol. The Morgan fingerprint density at radius 1 is 1.37 bits per heavy atom. The Kier molecular flexibility index (Phi) is 5.62. The van der Waals surface area contributed by atoms with Gasteiger partial charge in [0.05, 0.1) is 6.10 Å². The maximum Gasteiger partial charge on any atom is 0.0580 e. The molecule has 0 spiro atoms. The fourth-order valence-electron chi connectivity index (χ4n) is 3.12. The molecule has 0 aromatic carbocycles. The minimum atomic E-state index is 0.563. The lowest BCUT2D eigenvalue weighted by atomic mass is 9.77. The van der Waals surface area contributed by atoms with Crippen LogP contribution in [0.5, 0.6) is 0 Å². The summed E-state index contributed by atoms with van der Waals surface area (Å²) in [4.78, 5) is 2.46. The molecule has 0 radical (unpaired) electrons. The molecule has 0 N–H and O–H groups in total. The summed E-state index contributed by atoms with van der Waals surface area (Å²) < 4.78 is 6.52. The first-order valence-electron chi connectivity index (χ1n) is 7.91. The summed E-state index contributed by atoms with van der Waals surface area (Å²) in [6.45, 7) is 10.4. The van der Waals surface area contributed by atoms with E-state index in [2.05, 4.69) is 44.5 Å². The molecule has 1 saturated carbocycles. The molecule has 2 aliphatic rings. The zero-order chi connectivity index (χ0) is 13.9. The van der Waals surface area contributed by atoms with E-state index < -0.39 is 0 Å². The van der Waals surface area contributed by atoms with Gasteiger partial charge in [-0.25, -0.2) is 0 Å². The van der Waals surface area contributed by atoms with Crippen LogP contribution in [-0.2, 0) is 4.74 Å². The standard InChI is InChI=1S/C16H31NOS/c1-13(2)8-14-9-15(10-14)18-7-5-6-17(4)11-16(3)12-19-16/h13-15H,5-12H2,1-4H3. The van der Waals surface area contributed by atoms with Gasteiger partial charge in [0, 0.05) is 30.2 Å². The van der Waals surface area contributed by atoms with Gasteiger partial charge in [0.1, 0.15) is 0 Å². The van der Waals surface area contributed by atoms with Crippen LogP contribution < -0.4 is 0 Å². The number of nitrogens with zero attached hydrogens (tertiary/aromatic N) is 1. The molecule has 1 heterocycles. The van der Waals surface area contributed by atoms with Gasteiger partial charge in [-0.3, -0.25) is 0 Å². The SMILES string of the molecule is CC(C)CC1CC(OCCCN(C)CC2(C)CS2)C1. The van der Waals surface area contributed by atoms with Crippen LogP contribution >= 0.6 is 11.8 Å². The molecular formula is C16H31NOS. The van der Waals surface area contributed by atoms with Crippen molar-refractivity contribution in [2.45, 2.75) is 57.3 Å². The molecule has 19 heavy (non-hydrogen) atoms. The molecule has 1 atom stereocenters. The highest BCUT2D eigenvalue weighted by Gasteiger charge is 2.39. The minimum absolute atomic E-state index is 0.563. The molecule has 0 bridgehead atoms. The van der Waals surface area contributed by atoms with Crippen LogP contribution in [-0.4, -0.2) is 48.2 Å². The van der Waals surface area contributed by atoms with Crippen LogP contribution in [0, 0.1) is 11.8 Å². The Morgan fingerprint density at radius 2 is 2.05 bits per heavy atom. The third-order valence-electron chi connectivity index (χ3n) is 4.28. The van der Waals surface area contributed by atoms with Gasteiger partial charge in [0.2, 0.25) is 0 Å². The largest absolute Gasteiger partial charge is 0.378 e. The highest BCUT2D eigenvalue weighted by Crippen LogP contribution is 2.44. The monoisotopic (exact) mass is 285 g/mol. The lowest BCUT2D eigenvalue weighted by Gasteiger charge is -2.36. The summed E-state index contributed by atoms with van der Waals surface area (Å²) >= 11 is 2.09. The molecule has 1 aliphatic carbocycles. The van der Waals surface area contributed by atoms with Crippen molar-refractivity contribution >= 4 is 11.8 Å². The molecular weight excluding hydrogens is 254 g/mol. The summed E-state index contributed by atoms with van der Waals surface area (Å²) in [6.07, 6.45) is 5.76. The number of hydrogen-bond donors (Lipinski definition) is 0. The first-order chi connectivity index (χ1) is 8.97. The molecule has 112 valence electrons. The second kappa shape index (κ2) is 6.82. The maximum atomic E-state index is 5.95. The molecule has 1 unspecified atom stereocenters. The second-order valence-electron chi connectivity index (χ2n) is 7.29. The molecule has 1 aliphatic heterocycles. The highest BCUT2D eigenvalue weighted by molar-refractivity contribution is 8.07. The topological polar surface area (TPSA) is 12.5 Å². The van der Waals surface area contributed by atoms with E-state index in [1.165, 1.54) is 44.5 Å². The molecule has 1 saturated heterocycles. The van der Waals surface area contributed by atoms with Crippen LogP contribution in [0.1, 0.15) is 46.5 Å². The minimum Gasteiger partial charge on any atom is -0.378 e. The molecule has 0 aromatic heterocycles. The number of ether oxygens (including phenoxy) is 1. The Labute approximate surface area is 123 Å². The van der Waals surface area contributed by atoms with Crippen molar-refractivity contribution in [1.29, 1.82) is 0 Å². The fraction of sp³-hybridized carbons (Fsp3) is 1.00. The van der Waals surface area contributed by atoms with Gasteiger partial charge in [-0.15, -0.1) is 0 Å². The first kappa shape index (κ1) is 15.7. The Hall–Kier alpha value is 0.270. The predicted octanol–water partition coefficient (Wildman–Crippen LogP) is 3.66. The second-order valence-corrected chi connectivity index (χ2v) is 8.85. The molecule has 0 aromatic rings. The normalized spacial score (nSPS) is 33.8. The van der Waals surface area contributed by atoms with Crippen LogP contribution in [0.4, 0.5) is 0 Å². The summed E-state index contributed by atoms with van der Waals surface area (Å²) in [7, 11) is 2.24. The van der Waals surface area contributed by atoms with Gasteiger partial charge < -0.3 is 9.64 Å². The number of thioether (sulfide) groups is 1. The summed E-state index contributed by atoms with van der Waals surface area (Å²) in [5.74, 6) is 3.13. The summed E-state index contributed by atoms with van der Waals surface area (Å²) in [6, 6.07) is 0. The fourth-order valence-corrected chi connectivity index (χ4v) is 3.77. The average molecular weight is 285 g/mol. The van der Waals surface area contributed by atoms with E-state index in [0.29, 0.717) is 10.9 Å². The maximum absolute atomic E-state index is 5.95. The first-order valence-corrected chi connectivity index (χ1v) is 8.89. The van der Waals surface area contributed by atoms with E-state index in [1.807, 2.05) is 0 Å². The zero-order valence-electron chi connectivity index (χ0n) is 13.2. The van der Waals surface area contributed by atoms with Crippen molar-refractivity contribution in [3.63, 3.8) is 0 Å². The molecule has 2 fully saturated rings. The van der Waals surface area contributed by atoms with Crippen LogP contribution in [0.2, 0.25) is 0 Å². The van der Waals surface area contributed by atoms with Crippen molar-refractivity contribution in [3.05, 3.63) is 0 Å². The smallest absolute Gasteiger partial charge is 0.0580 e.